The second-order valence-corrected chi connectivity index (χ2v) is 3.91. The van der Waals surface area contributed by atoms with E-state index in [1.165, 1.54) is 0 Å². The SMILES string of the molecule is NC1(c2ccccn2)CCC(=O)CC1. The van der Waals surface area contributed by atoms with E-state index in [2.05, 4.69) is 4.98 Å². The molecule has 0 spiro atoms. The summed E-state index contributed by atoms with van der Waals surface area (Å²) >= 11 is 0. The molecule has 1 aliphatic carbocycles. The minimum Gasteiger partial charge on any atom is -0.320 e. The maximum Gasteiger partial charge on any atom is 0.133 e. The number of carbonyl (C=O) groups is 1. The third-order valence-electron chi connectivity index (χ3n) is 2.87. The second-order valence-electron chi connectivity index (χ2n) is 3.91. The Morgan fingerprint density at radius 2 is 2.00 bits per heavy atom. The van der Waals surface area contributed by atoms with Gasteiger partial charge in [0, 0.05) is 19.0 Å². The van der Waals surface area contributed by atoms with Crippen LogP contribution in [0.2, 0.25) is 0 Å². The van der Waals surface area contributed by atoms with Crippen LogP contribution in [0.15, 0.2) is 24.4 Å². The van der Waals surface area contributed by atoms with E-state index in [0.29, 0.717) is 18.6 Å². The first-order valence-corrected chi connectivity index (χ1v) is 4.93. The van der Waals surface area contributed by atoms with Crippen LogP contribution in [0.3, 0.4) is 0 Å². The average Bonchev–Trinajstić information content (AvgIpc) is 2.24. The van der Waals surface area contributed by atoms with Crippen LogP contribution in [-0.4, -0.2) is 10.8 Å². The number of Topliss-reactive ketones (excluding diaryl/α,β-unsaturated/α-hetero) is 1. The molecule has 1 aliphatic rings. The monoisotopic (exact) mass is 190 g/mol. The summed E-state index contributed by atoms with van der Waals surface area (Å²) in [4.78, 5) is 15.4. The fourth-order valence-electron chi connectivity index (χ4n) is 1.89. The number of pyridine rings is 1. The number of hydrogen-bond acceptors (Lipinski definition) is 3. The standard InChI is InChI=1S/C11H14N2O/c12-11(6-4-9(14)5-7-11)10-3-1-2-8-13-10/h1-3,8H,4-7,12H2. The van der Waals surface area contributed by atoms with Crippen LogP contribution in [0.25, 0.3) is 0 Å². The van der Waals surface area contributed by atoms with Gasteiger partial charge in [-0.25, -0.2) is 0 Å². The fraction of sp³-hybridized carbons (Fsp3) is 0.455. The number of nitrogens with zero attached hydrogens (tertiary/aromatic N) is 1. The molecule has 0 saturated heterocycles. The summed E-state index contributed by atoms with van der Waals surface area (Å²) in [6.07, 6.45) is 4.38. The number of hydrogen-bond donors (Lipinski definition) is 1. The van der Waals surface area contributed by atoms with Gasteiger partial charge in [0.05, 0.1) is 11.2 Å². The summed E-state index contributed by atoms with van der Waals surface area (Å²) in [5.41, 5.74) is 6.76. The lowest BCUT2D eigenvalue weighted by atomic mass is 9.79. The van der Waals surface area contributed by atoms with Crippen molar-refractivity contribution in [2.75, 3.05) is 0 Å². The second kappa shape index (κ2) is 3.50. The summed E-state index contributed by atoms with van der Waals surface area (Å²) in [6, 6.07) is 5.75. The van der Waals surface area contributed by atoms with Crippen LogP contribution in [0.4, 0.5) is 0 Å². The minimum atomic E-state index is -0.380. The van der Waals surface area contributed by atoms with Crippen molar-refractivity contribution in [1.29, 1.82) is 0 Å². The highest BCUT2D eigenvalue weighted by Gasteiger charge is 2.33. The van der Waals surface area contributed by atoms with Crippen molar-refractivity contribution in [1.82, 2.24) is 4.98 Å². The van der Waals surface area contributed by atoms with Crippen LogP contribution < -0.4 is 5.73 Å². The molecule has 14 heavy (non-hydrogen) atoms. The van der Waals surface area contributed by atoms with Gasteiger partial charge in [0.25, 0.3) is 0 Å². The van der Waals surface area contributed by atoms with Crippen LogP contribution in [-0.2, 0) is 10.3 Å². The molecule has 1 aromatic heterocycles. The first-order chi connectivity index (χ1) is 6.71. The Morgan fingerprint density at radius 3 is 2.57 bits per heavy atom. The Balaban J connectivity index is 2.21. The van der Waals surface area contributed by atoms with Crippen molar-refractivity contribution in [2.45, 2.75) is 31.2 Å². The quantitative estimate of drug-likeness (QED) is 0.727. The van der Waals surface area contributed by atoms with Gasteiger partial charge in [0.2, 0.25) is 0 Å². The zero-order valence-electron chi connectivity index (χ0n) is 8.07. The summed E-state index contributed by atoms with van der Waals surface area (Å²) in [6.45, 7) is 0. The molecular weight excluding hydrogens is 176 g/mol. The molecule has 0 bridgehead atoms. The van der Waals surface area contributed by atoms with Gasteiger partial charge in [-0.05, 0) is 25.0 Å². The summed E-state index contributed by atoms with van der Waals surface area (Å²) < 4.78 is 0. The van der Waals surface area contributed by atoms with E-state index in [9.17, 15) is 4.79 Å². The molecule has 2 N–H and O–H groups in total. The molecule has 0 unspecified atom stereocenters. The lowest BCUT2D eigenvalue weighted by molar-refractivity contribution is -0.121. The Morgan fingerprint density at radius 1 is 1.29 bits per heavy atom. The number of rotatable bonds is 1. The van der Waals surface area contributed by atoms with Gasteiger partial charge >= 0.3 is 0 Å². The first kappa shape index (κ1) is 9.34. The molecule has 0 radical (unpaired) electrons. The molecule has 0 aromatic carbocycles. The smallest absolute Gasteiger partial charge is 0.133 e. The predicted molar refractivity (Wildman–Crippen MR) is 53.6 cm³/mol. The van der Waals surface area contributed by atoms with Crippen LogP contribution in [0.1, 0.15) is 31.4 Å². The van der Waals surface area contributed by atoms with Crippen molar-refractivity contribution < 1.29 is 4.79 Å². The zero-order chi connectivity index (χ0) is 10.0. The van der Waals surface area contributed by atoms with Crippen molar-refractivity contribution in [3.8, 4) is 0 Å². The number of nitrogens with two attached hydrogens (primary N) is 1. The maximum atomic E-state index is 11.1. The topological polar surface area (TPSA) is 56.0 Å². The van der Waals surface area contributed by atoms with Crippen molar-refractivity contribution in [3.63, 3.8) is 0 Å². The molecule has 1 heterocycles. The molecule has 74 valence electrons. The highest BCUT2D eigenvalue weighted by atomic mass is 16.1. The zero-order valence-corrected chi connectivity index (χ0v) is 8.07. The number of ketones is 1. The molecule has 3 nitrogen and oxygen atoms in total. The normalized spacial score (nSPS) is 20.8. The van der Waals surface area contributed by atoms with Crippen molar-refractivity contribution >= 4 is 5.78 Å². The van der Waals surface area contributed by atoms with E-state index >= 15 is 0 Å². The van der Waals surface area contributed by atoms with Gasteiger partial charge in [-0.15, -0.1) is 0 Å². The highest BCUT2D eigenvalue weighted by Crippen LogP contribution is 2.31. The highest BCUT2D eigenvalue weighted by molar-refractivity contribution is 5.79. The molecular formula is C11H14N2O. The van der Waals surface area contributed by atoms with Crippen LogP contribution in [0, 0.1) is 0 Å². The van der Waals surface area contributed by atoms with Crippen molar-refractivity contribution in [2.24, 2.45) is 5.73 Å². The molecule has 1 saturated carbocycles. The Bertz CT molecular complexity index is 324. The molecule has 1 aromatic rings. The molecule has 0 amide bonds. The lowest BCUT2D eigenvalue weighted by Gasteiger charge is -2.32. The summed E-state index contributed by atoms with van der Waals surface area (Å²) in [5, 5.41) is 0. The van der Waals surface area contributed by atoms with Gasteiger partial charge in [0.1, 0.15) is 5.78 Å². The van der Waals surface area contributed by atoms with E-state index in [1.54, 1.807) is 6.20 Å². The third kappa shape index (κ3) is 1.68. The summed E-state index contributed by atoms with van der Waals surface area (Å²) in [7, 11) is 0. The summed E-state index contributed by atoms with van der Waals surface area (Å²) in [5.74, 6) is 0.321. The largest absolute Gasteiger partial charge is 0.320 e. The molecule has 0 aliphatic heterocycles. The molecule has 0 atom stereocenters. The number of carbonyl (C=O) groups excluding carboxylic acids is 1. The molecule has 1 fully saturated rings. The molecule has 2 rings (SSSR count). The Labute approximate surface area is 83.3 Å². The maximum absolute atomic E-state index is 11.1. The van der Waals surface area contributed by atoms with E-state index < -0.39 is 0 Å². The van der Waals surface area contributed by atoms with Crippen molar-refractivity contribution in [3.05, 3.63) is 30.1 Å². The Hall–Kier alpha value is -1.22. The Kier molecular flexibility index (Phi) is 2.33. The fourth-order valence-corrected chi connectivity index (χ4v) is 1.89. The predicted octanol–water partition coefficient (Wildman–Crippen LogP) is 1.38. The number of aromatic nitrogens is 1. The van der Waals surface area contributed by atoms with E-state index in [1.807, 2.05) is 18.2 Å². The average molecular weight is 190 g/mol. The van der Waals surface area contributed by atoms with Gasteiger partial charge < -0.3 is 5.73 Å². The van der Waals surface area contributed by atoms with Gasteiger partial charge in [-0.2, -0.15) is 0 Å². The van der Waals surface area contributed by atoms with Crippen LogP contribution in [0.5, 0.6) is 0 Å². The van der Waals surface area contributed by atoms with E-state index in [-0.39, 0.29) is 5.54 Å². The minimum absolute atomic E-state index is 0.321. The van der Waals surface area contributed by atoms with E-state index in [4.69, 9.17) is 5.73 Å². The third-order valence-corrected chi connectivity index (χ3v) is 2.87. The molecule has 3 heteroatoms. The lowest BCUT2D eigenvalue weighted by Crippen LogP contribution is -2.41. The van der Waals surface area contributed by atoms with Gasteiger partial charge in [-0.1, -0.05) is 6.07 Å². The van der Waals surface area contributed by atoms with Gasteiger partial charge in [-0.3, -0.25) is 9.78 Å². The van der Waals surface area contributed by atoms with Gasteiger partial charge in [0.15, 0.2) is 0 Å². The van der Waals surface area contributed by atoms with Crippen LogP contribution >= 0.6 is 0 Å². The first-order valence-electron chi connectivity index (χ1n) is 4.93. The van der Waals surface area contributed by atoms with E-state index in [0.717, 1.165) is 18.5 Å².